The van der Waals surface area contributed by atoms with E-state index in [1.807, 2.05) is 24.1 Å². The van der Waals surface area contributed by atoms with Crippen molar-refractivity contribution in [1.29, 1.82) is 0 Å². The van der Waals surface area contributed by atoms with E-state index in [1.54, 1.807) is 5.38 Å². The van der Waals surface area contributed by atoms with Crippen LogP contribution >= 0.6 is 34.3 Å². The number of aromatic nitrogens is 1. The van der Waals surface area contributed by atoms with Crippen molar-refractivity contribution in [1.82, 2.24) is 4.98 Å². The number of nitrogens with two attached hydrogens (primary N) is 1. The van der Waals surface area contributed by atoms with Gasteiger partial charge in [0.25, 0.3) is 0 Å². The van der Waals surface area contributed by atoms with Gasteiger partial charge in [0.1, 0.15) is 6.04 Å². The summed E-state index contributed by atoms with van der Waals surface area (Å²) in [6.07, 6.45) is 0. The van der Waals surface area contributed by atoms with Gasteiger partial charge in [0.2, 0.25) is 0 Å². The van der Waals surface area contributed by atoms with Crippen LogP contribution in [0.5, 0.6) is 0 Å². The highest BCUT2D eigenvalue weighted by Gasteiger charge is 2.19. The molecule has 2 heterocycles. The van der Waals surface area contributed by atoms with Crippen molar-refractivity contribution in [3.05, 3.63) is 32.4 Å². The first kappa shape index (κ1) is 14.3. The molecule has 0 aromatic carbocycles. The maximum Gasteiger partial charge on any atom is 0.326 e. The van der Waals surface area contributed by atoms with Crippen LogP contribution in [-0.4, -0.2) is 23.1 Å². The van der Waals surface area contributed by atoms with E-state index in [9.17, 15) is 4.79 Å². The molecule has 0 aliphatic rings. The van der Waals surface area contributed by atoms with Crippen molar-refractivity contribution in [3.8, 4) is 0 Å². The Morgan fingerprint density at radius 3 is 2.95 bits per heavy atom. The van der Waals surface area contributed by atoms with Gasteiger partial charge in [0.05, 0.1) is 16.6 Å². The number of hydrogen-bond acceptors (Lipinski definition) is 6. The van der Waals surface area contributed by atoms with Crippen LogP contribution in [0, 0.1) is 0 Å². The number of nitrogens with zero attached hydrogens (tertiary/aromatic N) is 2. The molecular weight excluding hydrogens is 306 g/mol. The molecule has 8 heteroatoms. The van der Waals surface area contributed by atoms with Gasteiger partial charge in [0, 0.05) is 17.3 Å². The zero-order valence-corrected chi connectivity index (χ0v) is 12.4. The predicted molar refractivity (Wildman–Crippen MR) is 78.1 cm³/mol. The van der Waals surface area contributed by atoms with Gasteiger partial charge in [-0.1, -0.05) is 11.6 Å². The van der Waals surface area contributed by atoms with E-state index in [2.05, 4.69) is 4.98 Å². The second-order valence-electron chi connectivity index (χ2n) is 3.93. The number of thiophene rings is 1. The standard InChI is InChI=1S/C11H12ClN3O2S2/c1-15(4-6-2-3-8(12)19-6)11-14-7(5-18-11)9(13)10(16)17/h2-3,5,9H,4,13H2,1H3,(H,16,17). The minimum atomic E-state index is -1.08. The molecule has 2 aromatic rings. The van der Waals surface area contributed by atoms with Crippen molar-refractivity contribution in [2.24, 2.45) is 5.73 Å². The molecule has 2 aromatic heterocycles. The van der Waals surface area contributed by atoms with E-state index >= 15 is 0 Å². The smallest absolute Gasteiger partial charge is 0.326 e. The summed E-state index contributed by atoms with van der Waals surface area (Å²) in [7, 11) is 1.89. The minimum absolute atomic E-state index is 0.378. The van der Waals surface area contributed by atoms with Crippen LogP contribution in [0.2, 0.25) is 4.34 Å². The molecule has 0 fully saturated rings. The molecule has 19 heavy (non-hydrogen) atoms. The fraction of sp³-hybridized carbons (Fsp3) is 0.273. The lowest BCUT2D eigenvalue weighted by Crippen LogP contribution is -2.21. The normalized spacial score (nSPS) is 12.4. The van der Waals surface area contributed by atoms with Crippen LogP contribution in [-0.2, 0) is 11.3 Å². The second kappa shape index (κ2) is 5.87. The van der Waals surface area contributed by atoms with E-state index in [4.69, 9.17) is 22.4 Å². The molecule has 0 aliphatic heterocycles. The number of thiazole rings is 1. The number of aliphatic carboxylic acids is 1. The van der Waals surface area contributed by atoms with E-state index in [1.165, 1.54) is 22.7 Å². The molecular formula is C11H12ClN3O2S2. The molecule has 0 bridgehead atoms. The van der Waals surface area contributed by atoms with Crippen LogP contribution in [0.15, 0.2) is 17.5 Å². The topological polar surface area (TPSA) is 79.5 Å². The zero-order valence-electron chi connectivity index (χ0n) is 10.0. The van der Waals surface area contributed by atoms with Crippen molar-refractivity contribution in [3.63, 3.8) is 0 Å². The van der Waals surface area contributed by atoms with Gasteiger partial charge in [-0.15, -0.1) is 22.7 Å². The number of anilines is 1. The highest BCUT2D eigenvalue weighted by molar-refractivity contribution is 7.16. The largest absolute Gasteiger partial charge is 0.480 e. The fourth-order valence-corrected chi connectivity index (χ4v) is 3.43. The molecule has 2 rings (SSSR count). The number of rotatable bonds is 5. The van der Waals surface area contributed by atoms with Crippen molar-refractivity contribution in [2.75, 3.05) is 11.9 Å². The number of carboxylic acids is 1. The third-order valence-electron chi connectivity index (χ3n) is 2.44. The van der Waals surface area contributed by atoms with E-state index in [0.717, 1.165) is 14.3 Å². The van der Waals surface area contributed by atoms with Crippen LogP contribution in [0.4, 0.5) is 5.13 Å². The molecule has 0 saturated heterocycles. The summed E-state index contributed by atoms with van der Waals surface area (Å²) < 4.78 is 0.746. The number of carbonyl (C=O) groups is 1. The molecule has 0 amide bonds. The lowest BCUT2D eigenvalue weighted by Gasteiger charge is -2.14. The van der Waals surface area contributed by atoms with Crippen LogP contribution in [0.25, 0.3) is 0 Å². The average Bonchev–Trinajstić information content (AvgIpc) is 2.97. The first-order valence-electron chi connectivity index (χ1n) is 5.36. The van der Waals surface area contributed by atoms with Crippen LogP contribution in [0.1, 0.15) is 16.6 Å². The summed E-state index contributed by atoms with van der Waals surface area (Å²) in [6, 6.07) is 2.74. The number of carboxylic acid groups (broad SMARTS) is 1. The van der Waals surface area contributed by atoms with Crippen molar-refractivity contribution in [2.45, 2.75) is 12.6 Å². The highest BCUT2D eigenvalue weighted by atomic mass is 35.5. The second-order valence-corrected chi connectivity index (χ2v) is 6.57. The predicted octanol–water partition coefficient (Wildman–Crippen LogP) is 2.58. The highest BCUT2D eigenvalue weighted by Crippen LogP contribution is 2.27. The Morgan fingerprint density at radius 2 is 2.37 bits per heavy atom. The van der Waals surface area contributed by atoms with Gasteiger partial charge in [-0.2, -0.15) is 0 Å². The lowest BCUT2D eigenvalue weighted by molar-refractivity contribution is -0.138. The summed E-state index contributed by atoms with van der Waals surface area (Å²) >= 11 is 8.76. The number of halogens is 1. The Hall–Kier alpha value is -1.15. The summed E-state index contributed by atoms with van der Waals surface area (Å²) in [4.78, 5) is 18.1. The summed E-state index contributed by atoms with van der Waals surface area (Å²) in [5.74, 6) is -1.08. The minimum Gasteiger partial charge on any atom is -0.480 e. The first-order chi connectivity index (χ1) is 8.97. The molecule has 1 atom stereocenters. The van der Waals surface area contributed by atoms with Gasteiger partial charge in [-0.25, -0.2) is 4.98 Å². The van der Waals surface area contributed by atoms with Gasteiger partial charge in [-0.3, -0.25) is 4.79 Å². The molecule has 0 spiro atoms. The zero-order chi connectivity index (χ0) is 14.0. The summed E-state index contributed by atoms with van der Waals surface area (Å²) in [6.45, 7) is 0.673. The number of hydrogen-bond donors (Lipinski definition) is 2. The van der Waals surface area contributed by atoms with Crippen molar-refractivity contribution >= 4 is 45.4 Å². The maximum atomic E-state index is 10.8. The van der Waals surface area contributed by atoms with Gasteiger partial charge in [-0.05, 0) is 12.1 Å². The molecule has 5 nitrogen and oxygen atoms in total. The first-order valence-corrected chi connectivity index (χ1v) is 7.44. The van der Waals surface area contributed by atoms with E-state index in [0.29, 0.717) is 12.2 Å². The monoisotopic (exact) mass is 317 g/mol. The summed E-state index contributed by atoms with van der Waals surface area (Å²) in [5.41, 5.74) is 5.90. The van der Waals surface area contributed by atoms with Crippen LogP contribution in [0.3, 0.4) is 0 Å². The quantitative estimate of drug-likeness (QED) is 0.886. The fourth-order valence-electron chi connectivity index (χ4n) is 1.46. The van der Waals surface area contributed by atoms with E-state index in [-0.39, 0.29) is 0 Å². The van der Waals surface area contributed by atoms with Gasteiger partial charge in [0.15, 0.2) is 5.13 Å². The Balaban J connectivity index is 2.07. The Morgan fingerprint density at radius 1 is 1.63 bits per heavy atom. The molecule has 0 radical (unpaired) electrons. The average molecular weight is 318 g/mol. The Labute approximate surface area is 123 Å². The third kappa shape index (κ3) is 3.44. The third-order valence-corrected chi connectivity index (χ3v) is 4.63. The molecule has 1 unspecified atom stereocenters. The molecule has 102 valence electrons. The van der Waals surface area contributed by atoms with Crippen molar-refractivity contribution < 1.29 is 9.90 Å². The Kier molecular flexibility index (Phi) is 4.41. The Bertz CT molecular complexity index is 584. The molecule has 3 N–H and O–H groups in total. The summed E-state index contributed by atoms with van der Waals surface area (Å²) in [5, 5.41) is 11.2. The van der Waals surface area contributed by atoms with Gasteiger partial charge >= 0.3 is 5.97 Å². The van der Waals surface area contributed by atoms with Gasteiger partial charge < -0.3 is 15.7 Å². The lowest BCUT2D eigenvalue weighted by atomic mass is 10.2. The molecule has 0 aliphatic carbocycles. The maximum absolute atomic E-state index is 10.8. The SMILES string of the molecule is CN(Cc1ccc(Cl)s1)c1nc(C(N)C(=O)O)cs1. The van der Waals surface area contributed by atoms with Crippen LogP contribution < -0.4 is 10.6 Å². The van der Waals surface area contributed by atoms with E-state index < -0.39 is 12.0 Å². The molecule has 0 saturated carbocycles.